The van der Waals surface area contributed by atoms with Gasteiger partial charge in [0.1, 0.15) is 0 Å². The van der Waals surface area contributed by atoms with Crippen LogP contribution in [0.1, 0.15) is 65.3 Å². The smallest absolute Gasteiger partial charge is 0.254 e. The van der Waals surface area contributed by atoms with Gasteiger partial charge in [0, 0.05) is 24.6 Å². The van der Waals surface area contributed by atoms with Gasteiger partial charge in [-0.1, -0.05) is 17.3 Å². The summed E-state index contributed by atoms with van der Waals surface area (Å²) in [6.07, 6.45) is 4.13. The lowest BCUT2D eigenvalue weighted by molar-refractivity contribution is 0.0728. The summed E-state index contributed by atoms with van der Waals surface area (Å²) in [4.78, 5) is 21.6. The van der Waals surface area contributed by atoms with Gasteiger partial charge < -0.3 is 14.3 Å². The largest absolute Gasteiger partial charge is 0.339 e. The van der Waals surface area contributed by atoms with Crippen molar-refractivity contribution in [2.24, 2.45) is 0 Å². The second-order valence-corrected chi connectivity index (χ2v) is 7.36. The van der Waals surface area contributed by atoms with Crippen LogP contribution >= 0.6 is 0 Å². The molecule has 25 heavy (non-hydrogen) atoms. The van der Waals surface area contributed by atoms with Crippen LogP contribution in [0.25, 0.3) is 0 Å². The van der Waals surface area contributed by atoms with Crippen molar-refractivity contribution in [3.63, 3.8) is 0 Å². The highest BCUT2D eigenvalue weighted by molar-refractivity contribution is 5.94. The Morgan fingerprint density at radius 3 is 2.92 bits per heavy atom. The number of rotatable bonds is 5. The highest BCUT2D eigenvalue weighted by atomic mass is 16.5. The van der Waals surface area contributed by atoms with E-state index in [1.54, 1.807) is 0 Å². The number of carbonyl (C=O) groups excluding carboxylic acids is 1. The second-order valence-electron chi connectivity index (χ2n) is 7.36. The van der Waals surface area contributed by atoms with Gasteiger partial charge in [-0.15, -0.1) is 0 Å². The third-order valence-electron chi connectivity index (χ3n) is 4.87. The number of nitrogens with zero attached hydrogens (tertiary/aromatic N) is 4. The van der Waals surface area contributed by atoms with Crippen LogP contribution in [0.5, 0.6) is 0 Å². The maximum Gasteiger partial charge on any atom is 0.254 e. The van der Waals surface area contributed by atoms with E-state index in [1.807, 2.05) is 37.2 Å². The summed E-state index contributed by atoms with van der Waals surface area (Å²) in [5.74, 6) is 1.90. The standard InChI is InChI=1S/C19H24N4O2/c1-22(2)12-13-5-3-6-15(11-13)19(24)23-10-4-7-16(23)17-20-18(25-21-17)14-8-9-14/h3,5-6,11,14,16H,4,7-10,12H2,1-2H3. The fourth-order valence-corrected chi connectivity index (χ4v) is 3.49. The molecule has 1 saturated carbocycles. The number of aromatic nitrogens is 2. The van der Waals surface area contributed by atoms with E-state index in [9.17, 15) is 4.79 Å². The molecule has 1 amide bonds. The van der Waals surface area contributed by atoms with E-state index in [4.69, 9.17) is 4.52 Å². The molecule has 6 heteroatoms. The van der Waals surface area contributed by atoms with E-state index in [2.05, 4.69) is 21.1 Å². The molecule has 1 atom stereocenters. The molecule has 2 aliphatic rings. The van der Waals surface area contributed by atoms with Gasteiger partial charge in [0.05, 0.1) is 6.04 Å². The molecule has 4 rings (SSSR count). The molecule has 0 radical (unpaired) electrons. The second kappa shape index (κ2) is 6.59. The van der Waals surface area contributed by atoms with Crippen molar-refractivity contribution in [3.8, 4) is 0 Å². The molecule has 2 heterocycles. The Balaban J connectivity index is 1.53. The SMILES string of the molecule is CN(C)Cc1cccc(C(=O)N2CCCC2c2noc(C3CC3)n2)c1. The summed E-state index contributed by atoms with van der Waals surface area (Å²) in [5.41, 5.74) is 1.87. The summed E-state index contributed by atoms with van der Waals surface area (Å²) >= 11 is 0. The molecule has 1 aliphatic carbocycles. The van der Waals surface area contributed by atoms with Gasteiger partial charge in [-0.2, -0.15) is 4.98 Å². The number of likely N-dealkylation sites (tertiary alicyclic amines) is 1. The zero-order valence-corrected chi connectivity index (χ0v) is 14.8. The van der Waals surface area contributed by atoms with Crippen molar-refractivity contribution >= 4 is 5.91 Å². The molecule has 0 N–H and O–H groups in total. The van der Waals surface area contributed by atoms with Gasteiger partial charge in [-0.05, 0) is 57.5 Å². The Kier molecular flexibility index (Phi) is 4.29. The molecule has 6 nitrogen and oxygen atoms in total. The highest BCUT2D eigenvalue weighted by Crippen LogP contribution is 2.40. The molecule has 1 aromatic heterocycles. The van der Waals surface area contributed by atoms with Crippen molar-refractivity contribution in [1.82, 2.24) is 19.9 Å². The molecular weight excluding hydrogens is 316 g/mol. The molecule has 2 fully saturated rings. The van der Waals surface area contributed by atoms with Crippen molar-refractivity contribution in [3.05, 3.63) is 47.1 Å². The average Bonchev–Trinajstić information content (AvgIpc) is 3.13. The van der Waals surface area contributed by atoms with E-state index in [1.165, 1.54) is 0 Å². The fraction of sp³-hybridized carbons (Fsp3) is 0.526. The minimum atomic E-state index is -0.0683. The maximum absolute atomic E-state index is 13.0. The molecule has 0 bridgehead atoms. The van der Waals surface area contributed by atoms with Crippen LogP contribution in [0, 0.1) is 0 Å². The molecule has 1 aromatic carbocycles. The zero-order chi connectivity index (χ0) is 17.4. The van der Waals surface area contributed by atoms with Gasteiger partial charge in [0.2, 0.25) is 5.89 Å². The van der Waals surface area contributed by atoms with Crippen molar-refractivity contribution < 1.29 is 9.32 Å². The van der Waals surface area contributed by atoms with Crippen molar-refractivity contribution in [2.75, 3.05) is 20.6 Å². The van der Waals surface area contributed by atoms with Crippen LogP contribution in [0.15, 0.2) is 28.8 Å². The molecule has 1 saturated heterocycles. The fourth-order valence-electron chi connectivity index (χ4n) is 3.49. The first kappa shape index (κ1) is 16.3. The van der Waals surface area contributed by atoms with E-state index in [-0.39, 0.29) is 11.9 Å². The van der Waals surface area contributed by atoms with Gasteiger partial charge in [0.25, 0.3) is 5.91 Å². The molecule has 1 aliphatic heterocycles. The maximum atomic E-state index is 13.0. The van der Waals surface area contributed by atoms with E-state index < -0.39 is 0 Å². The summed E-state index contributed by atoms with van der Waals surface area (Å²) in [6.45, 7) is 1.56. The summed E-state index contributed by atoms with van der Waals surface area (Å²) < 4.78 is 5.39. The first-order valence-corrected chi connectivity index (χ1v) is 9.00. The van der Waals surface area contributed by atoms with Crippen LogP contribution in [-0.4, -0.2) is 46.5 Å². The Morgan fingerprint density at radius 2 is 2.16 bits per heavy atom. The Morgan fingerprint density at radius 1 is 1.32 bits per heavy atom. The Labute approximate surface area is 147 Å². The highest BCUT2D eigenvalue weighted by Gasteiger charge is 2.36. The molecular formula is C19H24N4O2. The monoisotopic (exact) mass is 340 g/mol. The molecule has 1 unspecified atom stereocenters. The van der Waals surface area contributed by atoms with Gasteiger partial charge in [-0.3, -0.25) is 4.79 Å². The summed E-state index contributed by atoms with van der Waals surface area (Å²) in [6, 6.07) is 7.82. The van der Waals surface area contributed by atoms with E-state index in [0.29, 0.717) is 11.7 Å². The van der Waals surface area contributed by atoms with Crippen LogP contribution in [0.4, 0.5) is 0 Å². The minimum absolute atomic E-state index is 0.0564. The average molecular weight is 340 g/mol. The van der Waals surface area contributed by atoms with Gasteiger partial charge >= 0.3 is 0 Å². The zero-order valence-electron chi connectivity index (χ0n) is 14.8. The van der Waals surface area contributed by atoms with Gasteiger partial charge in [-0.25, -0.2) is 0 Å². The first-order valence-electron chi connectivity index (χ1n) is 9.00. The molecule has 0 spiro atoms. The lowest BCUT2D eigenvalue weighted by Gasteiger charge is -2.22. The normalized spacial score (nSPS) is 20.4. The molecule has 132 valence electrons. The minimum Gasteiger partial charge on any atom is -0.339 e. The number of hydrogen-bond acceptors (Lipinski definition) is 5. The van der Waals surface area contributed by atoms with E-state index in [0.717, 1.165) is 55.8 Å². The third-order valence-corrected chi connectivity index (χ3v) is 4.87. The Hall–Kier alpha value is -2.21. The first-order chi connectivity index (χ1) is 12.1. The summed E-state index contributed by atoms with van der Waals surface area (Å²) in [7, 11) is 4.05. The Bertz CT molecular complexity index is 766. The van der Waals surface area contributed by atoms with Crippen molar-refractivity contribution in [2.45, 2.75) is 44.2 Å². The van der Waals surface area contributed by atoms with Crippen LogP contribution < -0.4 is 0 Å². The van der Waals surface area contributed by atoms with Crippen molar-refractivity contribution in [1.29, 1.82) is 0 Å². The number of benzene rings is 1. The predicted octanol–water partition coefficient (Wildman–Crippen LogP) is 2.99. The van der Waals surface area contributed by atoms with Crippen LogP contribution in [0.3, 0.4) is 0 Å². The quantitative estimate of drug-likeness (QED) is 0.837. The lowest BCUT2D eigenvalue weighted by Crippen LogP contribution is -2.31. The number of hydrogen-bond donors (Lipinski definition) is 0. The van der Waals surface area contributed by atoms with E-state index >= 15 is 0 Å². The lowest BCUT2D eigenvalue weighted by atomic mass is 10.1. The van der Waals surface area contributed by atoms with Crippen LogP contribution in [-0.2, 0) is 6.54 Å². The number of amides is 1. The van der Waals surface area contributed by atoms with Gasteiger partial charge in [0.15, 0.2) is 5.82 Å². The topological polar surface area (TPSA) is 62.5 Å². The summed E-state index contributed by atoms with van der Waals surface area (Å²) in [5, 5.41) is 4.16. The van der Waals surface area contributed by atoms with Crippen LogP contribution in [0.2, 0.25) is 0 Å². The predicted molar refractivity (Wildman–Crippen MR) is 93.1 cm³/mol. The molecule has 2 aromatic rings. The third kappa shape index (κ3) is 3.44. The number of carbonyl (C=O) groups is 1.